The van der Waals surface area contributed by atoms with Gasteiger partial charge in [-0.3, -0.25) is 4.79 Å². The van der Waals surface area contributed by atoms with E-state index in [1.807, 2.05) is 27.7 Å². The van der Waals surface area contributed by atoms with Gasteiger partial charge in [-0.15, -0.1) is 0 Å². The van der Waals surface area contributed by atoms with E-state index in [0.29, 0.717) is 17.3 Å². The van der Waals surface area contributed by atoms with Gasteiger partial charge in [0.05, 0.1) is 0 Å². The van der Waals surface area contributed by atoms with Crippen LogP contribution in [0.25, 0.3) is 0 Å². The zero-order chi connectivity index (χ0) is 18.6. The Morgan fingerprint density at radius 2 is 2.16 bits per heavy atom. The summed E-state index contributed by atoms with van der Waals surface area (Å²) < 4.78 is 5.28. The van der Waals surface area contributed by atoms with E-state index < -0.39 is 11.7 Å². The number of ether oxygens (including phenoxy) is 1. The minimum absolute atomic E-state index is 0.0488. The molecule has 1 fully saturated rings. The number of halogens is 1. The number of rotatable bonds is 5. The van der Waals surface area contributed by atoms with Gasteiger partial charge in [0, 0.05) is 43.4 Å². The van der Waals surface area contributed by atoms with E-state index in [-0.39, 0.29) is 17.7 Å². The number of alkyl carbamates (subject to hydrolysis) is 1. The zero-order valence-corrected chi connectivity index (χ0v) is 16.0. The van der Waals surface area contributed by atoms with E-state index in [4.69, 9.17) is 16.3 Å². The normalized spacial score (nSPS) is 19.5. The molecule has 0 saturated carbocycles. The molecule has 0 aromatic carbocycles. The average molecular weight is 368 g/mol. The molecule has 2 rings (SSSR count). The molecule has 1 aliphatic heterocycles. The minimum atomic E-state index is -0.504. The number of nitrogens with one attached hydrogen (secondary N) is 1. The lowest BCUT2D eigenvalue weighted by Crippen LogP contribution is -2.41. The monoisotopic (exact) mass is 367 g/mol. The second-order valence-electron chi connectivity index (χ2n) is 7.53. The van der Waals surface area contributed by atoms with Crippen LogP contribution in [0.3, 0.4) is 0 Å². The maximum Gasteiger partial charge on any atom is 0.407 e. The fourth-order valence-electron chi connectivity index (χ4n) is 2.87. The van der Waals surface area contributed by atoms with Crippen molar-refractivity contribution >= 4 is 23.5 Å². The molecule has 25 heavy (non-hydrogen) atoms. The molecule has 2 atom stereocenters. The number of likely N-dealkylation sites (tertiary alicyclic amines) is 1. The van der Waals surface area contributed by atoms with Gasteiger partial charge in [-0.05, 0) is 39.3 Å². The topological polar surface area (TPSA) is 71.5 Å². The lowest BCUT2D eigenvalue weighted by Gasteiger charge is -2.22. The van der Waals surface area contributed by atoms with Crippen molar-refractivity contribution in [3.05, 3.63) is 29.0 Å². The number of carbonyl (C=O) groups is 2. The van der Waals surface area contributed by atoms with Gasteiger partial charge in [0.2, 0.25) is 0 Å². The number of amides is 1. The molecule has 1 aliphatic rings. The van der Waals surface area contributed by atoms with Gasteiger partial charge in [-0.1, -0.05) is 18.5 Å². The summed E-state index contributed by atoms with van der Waals surface area (Å²) in [5.41, 5.74) is 0.0650. The molecule has 1 aromatic heterocycles. The Balaban J connectivity index is 1.81. The van der Waals surface area contributed by atoms with Gasteiger partial charge in [-0.2, -0.15) is 0 Å². The molecular weight excluding hydrogens is 342 g/mol. The van der Waals surface area contributed by atoms with Crippen LogP contribution in [0.2, 0.25) is 5.15 Å². The number of ketones is 1. The van der Waals surface area contributed by atoms with Gasteiger partial charge < -0.3 is 15.0 Å². The minimum Gasteiger partial charge on any atom is -0.444 e. The highest BCUT2D eigenvalue weighted by atomic mass is 35.5. The number of carbonyl (C=O) groups excluding carboxylic acids is 2. The SMILES string of the molecule is C[C@@H](CN1CC[C@@H](NC(=O)OC(C)(C)C)C1)C(=O)c1ccc(Cl)nc1. The highest BCUT2D eigenvalue weighted by Gasteiger charge is 2.28. The van der Waals surface area contributed by atoms with Gasteiger partial charge >= 0.3 is 6.09 Å². The van der Waals surface area contributed by atoms with E-state index in [1.165, 1.54) is 6.20 Å². The van der Waals surface area contributed by atoms with Crippen molar-refractivity contribution in [3.8, 4) is 0 Å². The van der Waals surface area contributed by atoms with E-state index in [0.717, 1.165) is 19.5 Å². The zero-order valence-electron chi connectivity index (χ0n) is 15.2. The van der Waals surface area contributed by atoms with Crippen LogP contribution in [0, 0.1) is 5.92 Å². The Kier molecular flexibility index (Phi) is 6.41. The lowest BCUT2D eigenvalue weighted by atomic mass is 10.0. The molecule has 0 radical (unpaired) electrons. The molecule has 138 valence electrons. The van der Waals surface area contributed by atoms with Gasteiger partial charge in [0.1, 0.15) is 10.8 Å². The molecule has 1 aromatic rings. The molecule has 0 spiro atoms. The number of nitrogens with zero attached hydrogens (tertiary/aromatic N) is 2. The Morgan fingerprint density at radius 3 is 2.76 bits per heavy atom. The standard InChI is InChI=1S/C18H26ClN3O3/c1-12(16(23)13-5-6-15(19)20-9-13)10-22-8-7-14(11-22)21-17(24)25-18(2,3)4/h5-6,9,12,14H,7-8,10-11H2,1-4H3,(H,21,24)/t12-,14+/m0/s1. The summed E-state index contributed by atoms with van der Waals surface area (Å²) in [6, 6.07) is 3.37. The molecule has 1 N–H and O–H groups in total. The fourth-order valence-corrected chi connectivity index (χ4v) is 2.98. The van der Waals surface area contributed by atoms with Crippen LogP contribution in [0.5, 0.6) is 0 Å². The van der Waals surface area contributed by atoms with Gasteiger partial charge in [-0.25, -0.2) is 9.78 Å². The largest absolute Gasteiger partial charge is 0.444 e. The summed E-state index contributed by atoms with van der Waals surface area (Å²) in [5, 5.41) is 3.27. The smallest absolute Gasteiger partial charge is 0.407 e. The van der Waals surface area contributed by atoms with Crippen molar-refractivity contribution in [2.45, 2.75) is 45.8 Å². The molecule has 7 heteroatoms. The first-order valence-electron chi connectivity index (χ1n) is 8.51. The van der Waals surface area contributed by atoms with Crippen molar-refractivity contribution < 1.29 is 14.3 Å². The second-order valence-corrected chi connectivity index (χ2v) is 7.91. The molecule has 0 aliphatic carbocycles. The summed E-state index contributed by atoms with van der Waals surface area (Å²) >= 11 is 5.76. The Hall–Kier alpha value is -1.66. The number of pyridine rings is 1. The highest BCUT2D eigenvalue weighted by Crippen LogP contribution is 2.16. The first-order valence-corrected chi connectivity index (χ1v) is 8.89. The summed E-state index contributed by atoms with van der Waals surface area (Å²) in [7, 11) is 0. The van der Waals surface area contributed by atoms with Crippen molar-refractivity contribution in [1.82, 2.24) is 15.2 Å². The van der Waals surface area contributed by atoms with Crippen LogP contribution in [-0.2, 0) is 4.74 Å². The van der Waals surface area contributed by atoms with E-state index in [2.05, 4.69) is 15.2 Å². The number of aromatic nitrogens is 1. The van der Waals surface area contributed by atoms with Crippen LogP contribution in [-0.4, -0.2) is 53.0 Å². The molecule has 1 saturated heterocycles. The third-order valence-corrected chi connectivity index (χ3v) is 4.21. The average Bonchev–Trinajstić information content (AvgIpc) is 2.92. The van der Waals surface area contributed by atoms with Crippen molar-refractivity contribution in [2.75, 3.05) is 19.6 Å². The maximum atomic E-state index is 12.5. The summed E-state index contributed by atoms with van der Waals surface area (Å²) in [5.74, 6) is -0.101. The predicted octanol–water partition coefficient (Wildman–Crippen LogP) is 3.15. The molecule has 0 bridgehead atoms. The molecule has 1 amide bonds. The Morgan fingerprint density at radius 1 is 1.44 bits per heavy atom. The third-order valence-electron chi connectivity index (χ3n) is 3.98. The van der Waals surface area contributed by atoms with Crippen LogP contribution in [0.1, 0.15) is 44.5 Å². The fraction of sp³-hybridized carbons (Fsp3) is 0.611. The van der Waals surface area contributed by atoms with Crippen molar-refractivity contribution in [2.24, 2.45) is 5.92 Å². The maximum absolute atomic E-state index is 12.5. The van der Waals surface area contributed by atoms with E-state index >= 15 is 0 Å². The number of Topliss-reactive ketones (excluding diaryl/α,β-unsaturated/α-hetero) is 1. The molecule has 6 nitrogen and oxygen atoms in total. The second kappa shape index (κ2) is 8.15. The Bertz CT molecular complexity index is 613. The van der Waals surface area contributed by atoms with Crippen molar-refractivity contribution in [3.63, 3.8) is 0 Å². The summed E-state index contributed by atoms with van der Waals surface area (Å²) in [6.07, 6.45) is 1.97. The predicted molar refractivity (Wildman–Crippen MR) is 97.0 cm³/mol. The molecular formula is C18H26ClN3O3. The third kappa shape index (κ3) is 6.29. The van der Waals surface area contributed by atoms with Crippen LogP contribution < -0.4 is 5.32 Å². The van der Waals surface area contributed by atoms with E-state index in [9.17, 15) is 9.59 Å². The lowest BCUT2D eigenvalue weighted by molar-refractivity contribution is 0.0504. The Labute approximate surface area is 153 Å². The number of hydrogen-bond donors (Lipinski definition) is 1. The van der Waals surface area contributed by atoms with Crippen molar-refractivity contribution in [1.29, 1.82) is 0 Å². The first kappa shape index (κ1) is 19.7. The molecule has 2 heterocycles. The summed E-state index contributed by atoms with van der Waals surface area (Å²) in [6.45, 7) is 9.64. The van der Waals surface area contributed by atoms with Crippen LogP contribution in [0.15, 0.2) is 18.3 Å². The highest BCUT2D eigenvalue weighted by molar-refractivity contribution is 6.29. The molecule has 0 unspecified atom stereocenters. The van der Waals surface area contributed by atoms with Crippen LogP contribution >= 0.6 is 11.6 Å². The quantitative estimate of drug-likeness (QED) is 0.639. The van der Waals surface area contributed by atoms with Gasteiger partial charge in [0.15, 0.2) is 5.78 Å². The number of hydrogen-bond acceptors (Lipinski definition) is 5. The van der Waals surface area contributed by atoms with Gasteiger partial charge in [0.25, 0.3) is 0 Å². The van der Waals surface area contributed by atoms with E-state index in [1.54, 1.807) is 12.1 Å². The van der Waals surface area contributed by atoms with Crippen LogP contribution in [0.4, 0.5) is 4.79 Å². The first-order chi connectivity index (χ1) is 11.6. The summed E-state index contributed by atoms with van der Waals surface area (Å²) in [4.78, 5) is 30.4.